The number of hydrogen-bond acceptors (Lipinski definition) is 2. The van der Waals surface area contributed by atoms with Crippen LogP contribution in [-0.4, -0.2) is 31.5 Å². The minimum absolute atomic E-state index is 0. The fourth-order valence-electron chi connectivity index (χ4n) is 3.28. The molecule has 0 atom stereocenters. The van der Waals surface area contributed by atoms with Crippen molar-refractivity contribution in [3.8, 4) is 0 Å². The summed E-state index contributed by atoms with van der Waals surface area (Å²) < 4.78 is 13.0. The van der Waals surface area contributed by atoms with Crippen LogP contribution in [-0.2, 0) is 17.8 Å². The van der Waals surface area contributed by atoms with Gasteiger partial charge in [-0.15, -0.1) is 24.0 Å². The van der Waals surface area contributed by atoms with Gasteiger partial charge in [0.25, 0.3) is 0 Å². The number of hydrogen-bond donors (Lipinski definition) is 2. The predicted octanol–water partition coefficient (Wildman–Crippen LogP) is 3.87. The number of carbonyl (C=O) groups is 1. The number of nitrogens with one attached hydrogen (secondary N) is 2. The topological polar surface area (TPSA) is 56.7 Å². The zero-order valence-corrected chi connectivity index (χ0v) is 19.0. The lowest BCUT2D eigenvalue weighted by atomic mass is 10.2. The third-order valence-corrected chi connectivity index (χ3v) is 4.73. The first-order valence-electron chi connectivity index (χ1n) is 9.82. The van der Waals surface area contributed by atoms with Crippen molar-refractivity contribution in [3.05, 3.63) is 65.5 Å². The number of para-hydroxylation sites is 1. The first-order chi connectivity index (χ1) is 13.7. The highest BCUT2D eigenvalue weighted by Crippen LogP contribution is 2.27. The Morgan fingerprint density at radius 3 is 2.66 bits per heavy atom. The van der Waals surface area contributed by atoms with Crippen LogP contribution in [0.4, 0.5) is 10.1 Å². The van der Waals surface area contributed by atoms with Gasteiger partial charge in [-0.3, -0.25) is 4.79 Å². The fraction of sp³-hybridized carbons (Fsp3) is 0.364. The number of carbonyl (C=O) groups excluding carboxylic acids is 1. The van der Waals surface area contributed by atoms with E-state index in [4.69, 9.17) is 0 Å². The van der Waals surface area contributed by atoms with Gasteiger partial charge in [-0.2, -0.15) is 0 Å². The number of fused-ring (bicyclic) bond motifs is 1. The van der Waals surface area contributed by atoms with Crippen LogP contribution in [0.1, 0.15) is 30.9 Å². The molecule has 0 aliphatic carbocycles. The first kappa shape index (κ1) is 23.1. The maximum atomic E-state index is 13.0. The van der Waals surface area contributed by atoms with E-state index in [1.807, 2.05) is 30.0 Å². The number of benzene rings is 2. The summed E-state index contributed by atoms with van der Waals surface area (Å²) in [7, 11) is 0. The van der Waals surface area contributed by atoms with Crippen molar-refractivity contribution in [2.75, 3.05) is 24.5 Å². The molecule has 1 amide bonds. The standard InChI is InChI=1S/C22H27FN4O.HI/c1-2-24-22(26-16-17-9-11-19(23)12-10-17)25-14-5-8-21(28)27-15-13-18-6-3-4-7-20(18)27;/h3-4,6-7,9-12H,2,5,8,13-16H2,1H3,(H2,24,25,26);1H. The molecule has 0 bridgehead atoms. The van der Waals surface area contributed by atoms with E-state index in [9.17, 15) is 9.18 Å². The van der Waals surface area contributed by atoms with Gasteiger partial charge in [-0.1, -0.05) is 30.3 Å². The fourth-order valence-corrected chi connectivity index (χ4v) is 3.28. The highest BCUT2D eigenvalue weighted by molar-refractivity contribution is 14.0. The zero-order chi connectivity index (χ0) is 19.8. The number of anilines is 1. The molecule has 0 fully saturated rings. The Labute approximate surface area is 188 Å². The molecule has 0 spiro atoms. The van der Waals surface area contributed by atoms with Crippen molar-refractivity contribution >= 4 is 41.5 Å². The molecule has 2 N–H and O–H groups in total. The van der Waals surface area contributed by atoms with Gasteiger partial charge in [-0.05, 0) is 49.1 Å². The van der Waals surface area contributed by atoms with Gasteiger partial charge in [0.1, 0.15) is 5.82 Å². The quantitative estimate of drug-likeness (QED) is 0.258. The minimum Gasteiger partial charge on any atom is -0.357 e. The molecule has 5 nitrogen and oxygen atoms in total. The molecule has 1 aliphatic rings. The summed E-state index contributed by atoms with van der Waals surface area (Å²) in [6.45, 7) is 4.66. The Kier molecular flexibility index (Phi) is 9.37. The van der Waals surface area contributed by atoms with Crippen molar-refractivity contribution in [1.82, 2.24) is 10.6 Å². The molecular formula is C22H28FIN4O. The predicted molar refractivity (Wildman–Crippen MR) is 126 cm³/mol. The Balaban J connectivity index is 0.00000300. The van der Waals surface area contributed by atoms with E-state index < -0.39 is 0 Å². The Hall–Kier alpha value is -2.16. The first-order valence-corrected chi connectivity index (χ1v) is 9.82. The molecule has 0 saturated heterocycles. The van der Waals surface area contributed by atoms with Crippen molar-refractivity contribution in [3.63, 3.8) is 0 Å². The molecule has 1 aliphatic heterocycles. The number of guanidine groups is 1. The van der Waals surface area contributed by atoms with E-state index in [1.54, 1.807) is 12.1 Å². The van der Waals surface area contributed by atoms with E-state index in [2.05, 4.69) is 21.7 Å². The average Bonchev–Trinajstić information content (AvgIpc) is 3.14. The summed E-state index contributed by atoms with van der Waals surface area (Å²) >= 11 is 0. The molecule has 0 saturated carbocycles. The summed E-state index contributed by atoms with van der Waals surface area (Å²) in [5.41, 5.74) is 3.24. The van der Waals surface area contributed by atoms with Gasteiger partial charge in [-0.25, -0.2) is 9.38 Å². The van der Waals surface area contributed by atoms with Crippen molar-refractivity contribution < 1.29 is 9.18 Å². The minimum atomic E-state index is -0.247. The molecule has 0 unspecified atom stereocenters. The average molecular weight is 510 g/mol. The highest BCUT2D eigenvalue weighted by Gasteiger charge is 2.23. The van der Waals surface area contributed by atoms with Crippen LogP contribution in [0, 0.1) is 5.82 Å². The molecule has 1 heterocycles. The monoisotopic (exact) mass is 510 g/mol. The van der Waals surface area contributed by atoms with Gasteiger partial charge < -0.3 is 15.5 Å². The van der Waals surface area contributed by atoms with Gasteiger partial charge in [0.05, 0.1) is 6.54 Å². The van der Waals surface area contributed by atoms with E-state index in [1.165, 1.54) is 17.7 Å². The zero-order valence-electron chi connectivity index (χ0n) is 16.7. The molecule has 156 valence electrons. The second kappa shape index (κ2) is 11.7. The summed E-state index contributed by atoms with van der Waals surface area (Å²) in [5.74, 6) is 0.619. The third-order valence-electron chi connectivity index (χ3n) is 4.73. The third kappa shape index (κ3) is 6.69. The van der Waals surface area contributed by atoms with Crippen LogP contribution in [0.2, 0.25) is 0 Å². The molecule has 2 aromatic rings. The molecule has 29 heavy (non-hydrogen) atoms. The maximum Gasteiger partial charge on any atom is 0.227 e. The lowest BCUT2D eigenvalue weighted by Crippen LogP contribution is -2.38. The summed E-state index contributed by atoms with van der Waals surface area (Å²) in [6, 6.07) is 14.4. The van der Waals surface area contributed by atoms with Gasteiger partial charge in [0.2, 0.25) is 5.91 Å². The Morgan fingerprint density at radius 2 is 1.90 bits per heavy atom. The summed E-state index contributed by atoms with van der Waals surface area (Å²) in [5, 5.41) is 6.45. The second-order valence-electron chi connectivity index (χ2n) is 6.78. The highest BCUT2D eigenvalue weighted by atomic mass is 127. The number of nitrogens with zero attached hydrogens (tertiary/aromatic N) is 2. The molecule has 7 heteroatoms. The van der Waals surface area contributed by atoms with Crippen LogP contribution in [0.15, 0.2) is 53.5 Å². The molecule has 2 aromatic carbocycles. The number of halogens is 2. The number of aliphatic imine (C=N–C) groups is 1. The van der Waals surface area contributed by atoms with E-state index in [0.717, 1.165) is 37.2 Å². The van der Waals surface area contributed by atoms with Crippen LogP contribution < -0.4 is 15.5 Å². The SMILES string of the molecule is CCNC(=NCc1ccc(F)cc1)NCCCC(=O)N1CCc2ccccc21.I. The molecule has 0 aromatic heterocycles. The van der Waals surface area contributed by atoms with E-state index >= 15 is 0 Å². The maximum absolute atomic E-state index is 13.0. The Morgan fingerprint density at radius 1 is 1.14 bits per heavy atom. The molecular weight excluding hydrogens is 482 g/mol. The van der Waals surface area contributed by atoms with Gasteiger partial charge >= 0.3 is 0 Å². The summed E-state index contributed by atoms with van der Waals surface area (Å²) in [4.78, 5) is 18.9. The van der Waals surface area contributed by atoms with Crippen molar-refractivity contribution in [1.29, 1.82) is 0 Å². The lowest BCUT2D eigenvalue weighted by Gasteiger charge is -2.17. The van der Waals surface area contributed by atoms with Crippen molar-refractivity contribution in [2.45, 2.75) is 32.7 Å². The van der Waals surface area contributed by atoms with Crippen LogP contribution in [0.3, 0.4) is 0 Å². The van der Waals surface area contributed by atoms with Crippen LogP contribution >= 0.6 is 24.0 Å². The number of rotatable bonds is 7. The van der Waals surface area contributed by atoms with Crippen molar-refractivity contribution in [2.24, 2.45) is 4.99 Å². The van der Waals surface area contributed by atoms with Crippen LogP contribution in [0.25, 0.3) is 0 Å². The molecule has 0 radical (unpaired) electrons. The Bertz CT molecular complexity index is 826. The largest absolute Gasteiger partial charge is 0.357 e. The summed E-state index contributed by atoms with van der Waals surface area (Å²) in [6.07, 6.45) is 2.16. The van der Waals surface area contributed by atoms with E-state index in [-0.39, 0.29) is 35.7 Å². The van der Waals surface area contributed by atoms with Gasteiger partial charge in [0.15, 0.2) is 5.96 Å². The van der Waals surface area contributed by atoms with Crippen LogP contribution in [0.5, 0.6) is 0 Å². The normalized spacial score (nSPS) is 12.9. The number of amides is 1. The van der Waals surface area contributed by atoms with E-state index in [0.29, 0.717) is 25.5 Å². The molecule has 3 rings (SSSR count). The van der Waals surface area contributed by atoms with Gasteiger partial charge in [0, 0.05) is 31.7 Å². The lowest BCUT2D eigenvalue weighted by molar-refractivity contribution is -0.118. The second-order valence-corrected chi connectivity index (χ2v) is 6.78. The smallest absolute Gasteiger partial charge is 0.227 e.